The maximum absolute atomic E-state index is 13.3. The van der Waals surface area contributed by atoms with Crippen LogP contribution in [0.5, 0.6) is 5.75 Å². The number of halogens is 1. The van der Waals surface area contributed by atoms with Crippen molar-refractivity contribution in [2.45, 2.75) is 0 Å². The Balaban J connectivity index is 1.78. The molecular formula is C17H14FNO5. The monoisotopic (exact) mass is 331 g/mol. The molecule has 0 amide bonds. The lowest BCUT2D eigenvalue weighted by Crippen LogP contribution is -2.10. The van der Waals surface area contributed by atoms with Crippen molar-refractivity contribution in [2.75, 3.05) is 13.2 Å². The molecule has 0 heterocycles. The van der Waals surface area contributed by atoms with E-state index in [4.69, 9.17) is 9.47 Å². The number of ether oxygens (including phenoxy) is 2. The van der Waals surface area contributed by atoms with Gasteiger partial charge >= 0.3 is 5.97 Å². The summed E-state index contributed by atoms with van der Waals surface area (Å²) in [5.41, 5.74) is 0.438. The van der Waals surface area contributed by atoms with Crippen LogP contribution in [0.2, 0.25) is 0 Å². The van der Waals surface area contributed by atoms with E-state index in [1.54, 1.807) is 18.2 Å². The molecular weight excluding hydrogens is 317 g/mol. The zero-order chi connectivity index (χ0) is 17.4. The van der Waals surface area contributed by atoms with Gasteiger partial charge in [-0.15, -0.1) is 0 Å². The predicted octanol–water partition coefficient (Wildman–Crippen LogP) is 3.37. The minimum Gasteiger partial charge on any atom is -0.487 e. The molecule has 2 aromatic rings. The van der Waals surface area contributed by atoms with Gasteiger partial charge in [-0.1, -0.05) is 24.3 Å². The molecule has 0 saturated heterocycles. The summed E-state index contributed by atoms with van der Waals surface area (Å²) in [6.45, 7) is -0.0379. The summed E-state index contributed by atoms with van der Waals surface area (Å²) in [5.74, 6) is -1.03. The van der Waals surface area contributed by atoms with Crippen LogP contribution in [0.15, 0.2) is 54.6 Å². The van der Waals surface area contributed by atoms with Crippen LogP contribution in [0.25, 0.3) is 6.08 Å². The topological polar surface area (TPSA) is 78.7 Å². The van der Waals surface area contributed by atoms with Crippen LogP contribution in [0.1, 0.15) is 5.56 Å². The molecule has 124 valence electrons. The SMILES string of the molecule is O=C(/C=C/c1cccc([N+](=O)[O-])c1)OCCOc1ccccc1F. The molecule has 0 spiro atoms. The van der Waals surface area contributed by atoms with Gasteiger partial charge < -0.3 is 9.47 Å². The van der Waals surface area contributed by atoms with Gasteiger partial charge in [0.05, 0.1) is 4.92 Å². The molecule has 0 bridgehead atoms. The molecule has 0 atom stereocenters. The molecule has 2 aromatic carbocycles. The summed E-state index contributed by atoms with van der Waals surface area (Å²) in [7, 11) is 0. The minimum atomic E-state index is -0.626. The number of hydrogen-bond donors (Lipinski definition) is 0. The molecule has 6 nitrogen and oxygen atoms in total. The van der Waals surface area contributed by atoms with Gasteiger partial charge in [-0.2, -0.15) is 0 Å². The van der Waals surface area contributed by atoms with Gasteiger partial charge in [0.25, 0.3) is 5.69 Å². The smallest absolute Gasteiger partial charge is 0.330 e. The second kappa shape index (κ2) is 8.42. The van der Waals surface area contributed by atoms with Gasteiger partial charge in [-0.05, 0) is 23.8 Å². The Morgan fingerprint density at radius 1 is 1.17 bits per heavy atom. The summed E-state index contributed by atoms with van der Waals surface area (Å²) < 4.78 is 23.3. The molecule has 0 N–H and O–H groups in total. The minimum absolute atomic E-state index is 0.0112. The Kier molecular flexibility index (Phi) is 6.01. The highest BCUT2D eigenvalue weighted by Gasteiger charge is 2.05. The normalized spacial score (nSPS) is 10.5. The van der Waals surface area contributed by atoms with Crippen LogP contribution >= 0.6 is 0 Å². The van der Waals surface area contributed by atoms with Crippen molar-refractivity contribution in [3.8, 4) is 5.75 Å². The first-order valence-corrected chi connectivity index (χ1v) is 7.03. The molecule has 0 aliphatic rings. The van der Waals surface area contributed by atoms with Crippen molar-refractivity contribution >= 4 is 17.7 Å². The van der Waals surface area contributed by atoms with E-state index in [2.05, 4.69) is 0 Å². The third kappa shape index (κ3) is 5.20. The fourth-order valence-corrected chi connectivity index (χ4v) is 1.81. The Hall–Kier alpha value is -3.22. The third-order valence-electron chi connectivity index (χ3n) is 2.91. The summed E-state index contributed by atoms with van der Waals surface area (Å²) in [6.07, 6.45) is 2.56. The molecule has 0 fully saturated rings. The number of esters is 1. The lowest BCUT2D eigenvalue weighted by molar-refractivity contribution is -0.384. The molecule has 0 radical (unpaired) electrons. The van der Waals surface area contributed by atoms with E-state index in [0.29, 0.717) is 5.56 Å². The lowest BCUT2D eigenvalue weighted by atomic mass is 10.2. The third-order valence-corrected chi connectivity index (χ3v) is 2.91. The highest BCUT2D eigenvalue weighted by Crippen LogP contribution is 2.15. The van der Waals surface area contributed by atoms with E-state index in [1.807, 2.05) is 0 Å². The van der Waals surface area contributed by atoms with E-state index >= 15 is 0 Å². The van der Waals surface area contributed by atoms with E-state index in [1.165, 1.54) is 36.4 Å². The number of nitrogens with zero attached hydrogens (tertiary/aromatic N) is 1. The second-order valence-corrected chi connectivity index (χ2v) is 4.63. The summed E-state index contributed by atoms with van der Waals surface area (Å²) in [4.78, 5) is 21.7. The van der Waals surface area contributed by atoms with E-state index in [9.17, 15) is 19.3 Å². The standard InChI is InChI=1S/C17H14FNO5/c18-15-6-1-2-7-16(15)23-10-11-24-17(20)9-8-13-4-3-5-14(12-13)19(21)22/h1-9,12H,10-11H2/b9-8+. The predicted molar refractivity (Wildman–Crippen MR) is 85.0 cm³/mol. The number of hydrogen-bond acceptors (Lipinski definition) is 5. The number of carbonyl (C=O) groups excluding carboxylic acids is 1. The van der Waals surface area contributed by atoms with E-state index < -0.39 is 16.7 Å². The maximum atomic E-state index is 13.3. The first-order valence-electron chi connectivity index (χ1n) is 7.03. The zero-order valence-electron chi connectivity index (χ0n) is 12.6. The number of benzene rings is 2. The number of non-ortho nitro benzene ring substituents is 1. The molecule has 0 saturated carbocycles. The fraction of sp³-hybridized carbons (Fsp3) is 0.118. The van der Waals surface area contributed by atoms with Crippen molar-refractivity contribution in [2.24, 2.45) is 0 Å². The number of nitro groups is 1. The van der Waals surface area contributed by atoms with Crippen LogP contribution in [-0.4, -0.2) is 24.1 Å². The van der Waals surface area contributed by atoms with Crippen molar-refractivity contribution in [3.63, 3.8) is 0 Å². The summed E-state index contributed by atoms with van der Waals surface area (Å²) in [6, 6.07) is 11.7. The number of para-hydroxylation sites is 1. The van der Waals surface area contributed by atoms with Gasteiger partial charge in [0.1, 0.15) is 13.2 Å². The quantitative estimate of drug-likeness (QED) is 0.255. The Bertz CT molecular complexity index is 760. The van der Waals surface area contributed by atoms with Crippen molar-refractivity contribution in [1.29, 1.82) is 0 Å². The maximum Gasteiger partial charge on any atom is 0.330 e. The summed E-state index contributed by atoms with van der Waals surface area (Å²) >= 11 is 0. The first-order chi connectivity index (χ1) is 11.6. The lowest BCUT2D eigenvalue weighted by Gasteiger charge is -2.06. The van der Waals surface area contributed by atoms with Crippen LogP contribution in [0.4, 0.5) is 10.1 Å². The summed E-state index contributed by atoms with van der Waals surface area (Å²) in [5, 5.41) is 10.7. The largest absolute Gasteiger partial charge is 0.487 e. The van der Waals surface area contributed by atoms with Crippen molar-refractivity contribution < 1.29 is 23.6 Å². The van der Waals surface area contributed by atoms with Crippen LogP contribution in [0.3, 0.4) is 0 Å². The number of nitro benzene ring substituents is 1. The number of carbonyl (C=O) groups is 1. The molecule has 0 unspecified atom stereocenters. The Labute approximate surface area is 137 Å². The van der Waals surface area contributed by atoms with Gasteiger partial charge in [0.2, 0.25) is 0 Å². The average Bonchev–Trinajstić information content (AvgIpc) is 2.58. The number of rotatable bonds is 7. The van der Waals surface area contributed by atoms with E-state index in [-0.39, 0.29) is 24.7 Å². The Morgan fingerprint density at radius 2 is 1.96 bits per heavy atom. The average molecular weight is 331 g/mol. The molecule has 7 heteroatoms. The highest BCUT2D eigenvalue weighted by atomic mass is 19.1. The van der Waals surface area contributed by atoms with Gasteiger partial charge in [0.15, 0.2) is 11.6 Å². The van der Waals surface area contributed by atoms with E-state index in [0.717, 1.165) is 6.08 Å². The van der Waals surface area contributed by atoms with Gasteiger partial charge in [-0.25, -0.2) is 9.18 Å². The zero-order valence-corrected chi connectivity index (χ0v) is 12.6. The van der Waals surface area contributed by atoms with Gasteiger partial charge in [-0.3, -0.25) is 10.1 Å². The highest BCUT2D eigenvalue weighted by molar-refractivity contribution is 5.87. The van der Waals surface area contributed by atoms with Crippen LogP contribution in [0, 0.1) is 15.9 Å². The fourth-order valence-electron chi connectivity index (χ4n) is 1.81. The van der Waals surface area contributed by atoms with Crippen molar-refractivity contribution in [1.82, 2.24) is 0 Å². The molecule has 0 aliphatic heterocycles. The Morgan fingerprint density at radius 3 is 2.71 bits per heavy atom. The van der Waals surface area contributed by atoms with Crippen LogP contribution < -0.4 is 4.74 Å². The molecule has 2 rings (SSSR count). The molecule has 0 aliphatic carbocycles. The van der Waals surface area contributed by atoms with Crippen LogP contribution in [-0.2, 0) is 9.53 Å². The van der Waals surface area contributed by atoms with Gasteiger partial charge in [0, 0.05) is 18.2 Å². The first kappa shape index (κ1) is 17.1. The van der Waals surface area contributed by atoms with Crippen molar-refractivity contribution in [3.05, 3.63) is 76.1 Å². The molecule has 0 aromatic heterocycles. The second-order valence-electron chi connectivity index (χ2n) is 4.63. The molecule has 24 heavy (non-hydrogen) atoms.